The number of hydrogen-bond donors (Lipinski definition) is 1. The lowest BCUT2D eigenvalue weighted by Crippen LogP contribution is -2.54. The summed E-state index contributed by atoms with van der Waals surface area (Å²) in [6.45, 7) is 3.17. The molecule has 4 rings (SSSR count). The van der Waals surface area contributed by atoms with Gasteiger partial charge in [0.25, 0.3) is 11.8 Å². The fourth-order valence-corrected chi connectivity index (χ4v) is 4.26. The molecule has 2 unspecified atom stereocenters. The molecule has 29 heavy (non-hydrogen) atoms. The van der Waals surface area contributed by atoms with E-state index in [1.807, 2.05) is 0 Å². The summed E-state index contributed by atoms with van der Waals surface area (Å²) in [5.41, 5.74) is 0.681. The lowest BCUT2D eigenvalue weighted by molar-refractivity contribution is -0.136. The number of nitrogens with one attached hydrogen (secondary N) is 1. The van der Waals surface area contributed by atoms with Gasteiger partial charge in [0.15, 0.2) is 0 Å². The van der Waals surface area contributed by atoms with E-state index in [1.54, 1.807) is 36.1 Å². The zero-order valence-corrected chi connectivity index (χ0v) is 16.4. The van der Waals surface area contributed by atoms with Crippen LogP contribution in [0.1, 0.15) is 53.3 Å². The normalized spacial score (nSPS) is 23.3. The van der Waals surface area contributed by atoms with Crippen LogP contribution in [-0.4, -0.2) is 71.3 Å². The number of imide groups is 1. The van der Waals surface area contributed by atoms with Gasteiger partial charge in [-0.1, -0.05) is 12.1 Å². The maximum absolute atomic E-state index is 12.9. The standard InChI is InChI=1S/C21H25N3O5/c1-13(24-20(27)15-5-2-3-6-16(15)21(24)28)19(26)23-10-8-14(9-11-23)22-18(25)17-7-4-12-29-17/h2-3,5-6,13-14,17H,4,7-12H2,1H3,(H,22,25). The van der Waals surface area contributed by atoms with Crippen LogP contribution in [0.4, 0.5) is 0 Å². The highest BCUT2D eigenvalue weighted by Gasteiger charge is 2.42. The molecule has 2 saturated heterocycles. The molecule has 0 saturated carbocycles. The molecule has 0 bridgehead atoms. The van der Waals surface area contributed by atoms with Crippen molar-refractivity contribution in [1.29, 1.82) is 0 Å². The predicted octanol–water partition coefficient (Wildman–Crippen LogP) is 0.957. The molecule has 1 aromatic rings. The van der Waals surface area contributed by atoms with Gasteiger partial charge in [-0.25, -0.2) is 0 Å². The molecule has 4 amide bonds. The molecule has 8 nitrogen and oxygen atoms in total. The van der Waals surface area contributed by atoms with Crippen molar-refractivity contribution in [2.24, 2.45) is 0 Å². The fourth-order valence-electron chi connectivity index (χ4n) is 4.26. The number of benzene rings is 1. The van der Waals surface area contributed by atoms with Crippen molar-refractivity contribution in [2.75, 3.05) is 19.7 Å². The number of hydrogen-bond acceptors (Lipinski definition) is 5. The van der Waals surface area contributed by atoms with E-state index in [0.29, 0.717) is 43.7 Å². The van der Waals surface area contributed by atoms with Crippen LogP contribution in [0.2, 0.25) is 0 Å². The van der Waals surface area contributed by atoms with Crippen LogP contribution in [0.3, 0.4) is 0 Å². The molecule has 2 fully saturated rings. The highest BCUT2D eigenvalue weighted by atomic mass is 16.5. The van der Waals surface area contributed by atoms with E-state index < -0.39 is 17.9 Å². The van der Waals surface area contributed by atoms with E-state index in [0.717, 1.165) is 17.7 Å². The van der Waals surface area contributed by atoms with Gasteiger partial charge in [-0.2, -0.15) is 0 Å². The van der Waals surface area contributed by atoms with Crippen molar-refractivity contribution in [1.82, 2.24) is 15.1 Å². The van der Waals surface area contributed by atoms with Gasteiger partial charge in [0.2, 0.25) is 11.8 Å². The number of fused-ring (bicyclic) bond motifs is 1. The Labute approximate surface area is 169 Å². The number of likely N-dealkylation sites (tertiary alicyclic amines) is 1. The zero-order chi connectivity index (χ0) is 20.5. The van der Waals surface area contributed by atoms with E-state index in [-0.39, 0.29) is 24.0 Å². The van der Waals surface area contributed by atoms with Crippen LogP contribution < -0.4 is 5.32 Å². The van der Waals surface area contributed by atoms with E-state index in [1.165, 1.54) is 0 Å². The Morgan fingerprint density at radius 2 is 1.69 bits per heavy atom. The summed E-state index contributed by atoms with van der Waals surface area (Å²) in [7, 11) is 0. The Bertz CT molecular complexity index is 805. The van der Waals surface area contributed by atoms with Crippen LogP contribution in [0.5, 0.6) is 0 Å². The summed E-state index contributed by atoms with van der Waals surface area (Å²) in [6.07, 6.45) is 2.57. The van der Waals surface area contributed by atoms with Gasteiger partial charge in [-0.3, -0.25) is 24.1 Å². The van der Waals surface area contributed by atoms with Gasteiger partial charge in [0, 0.05) is 25.7 Å². The lowest BCUT2D eigenvalue weighted by Gasteiger charge is -2.35. The number of carbonyl (C=O) groups excluding carboxylic acids is 4. The van der Waals surface area contributed by atoms with Gasteiger partial charge >= 0.3 is 0 Å². The second-order valence-electron chi connectivity index (χ2n) is 7.81. The van der Waals surface area contributed by atoms with Gasteiger partial charge in [-0.15, -0.1) is 0 Å². The highest BCUT2D eigenvalue weighted by Crippen LogP contribution is 2.25. The van der Waals surface area contributed by atoms with Crippen molar-refractivity contribution in [3.8, 4) is 0 Å². The van der Waals surface area contributed by atoms with Crippen molar-refractivity contribution >= 4 is 23.6 Å². The summed E-state index contributed by atoms with van der Waals surface area (Å²) in [4.78, 5) is 53.1. The van der Waals surface area contributed by atoms with E-state index in [2.05, 4.69) is 5.32 Å². The minimum atomic E-state index is -0.861. The number of carbonyl (C=O) groups is 4. The minimum absolute atomic E-state index is 0.00496. The van der Waals surface area contributed by atoms with Crippen molar-refractivity contribution in [2.45, 2.75) is 50.8 Å². The molecule has 0 spiro atoms. The monoisotopic (exact) mass is 399 g/mol. The molecular weight excluding hydrogens is 374 g/mol. The van der Waals surface area contributed by atoms with Crippen LogP contribution in [-0.2, 0) is 14.3 Å². The Balaban J connectivity index is 1.33. The van der Waals surface area contributed by atoms with Crippen LogP contribution in [0.15, 0.2) is 24.3 Å². The molecule has 2 atom stereocenters. The highest BCUT2D eigenvalue weighted by molar-refractivity contribution is 6.22. The average Bonchev–Trinajstić information content (AvgIpc) is 3.36. The van der Waals surface area contributed by atoms with Crippen molar-refractivity contribution in [3.63, 3.8) is 0 Å². The Morgan fingerprint density at radius 3 is 2.24 bits per heavy atom. The topological polar surface area (TPSA) is 96.0 Å². The van der Waals surface area contributed by atoms with Gasteiger partial charge < -0.3 is 15.0 Å². The van der Waals surface area contributed by atoms with Crippen molar-refractivity contribution in [3.05, 3.63) is 35.4 Å². The summed E-state index contributed by atoms with van der Waals surface area (Å²) in [5.74, 6) is -1.18. The van der Waals surface area contributed by atoms with Gasteiger partial charge in [-0.05, 0) is 44.7 Å². The second kappa shape index (κ2) is 7.94. The molecule has 1 N–H and O–H groups in total. The van der Waals surface area contributed by atoms with E-state index in [9.17, 15) is 19.2 Å². The minimum Gasteiger partial charge on any atom is -0.368 e. The van der Waals surface area contributed by atoms with Gasteiger partial charge in [0.1, 0.15) is 12.1 Å². The first-order valence-corrected chi connectivity index (χ1v) is 10.1. The first kappa shape index (κ1) is 19.6. The molecule has 3 aliphatic rings. The SMILES string of the molecule is CC(C(=O)N1CCC(NC(=O)C2CCCO2)CC1)N1C(=O)c2ccccc2C1=O. The first-order chi connectivity index (χ1) is 14.0. The van der Waals surface area contributed by atoms with E-state index >= 15 is 0 Å². The molecule has 1 aromatic carbocycles. The number of amides is 4. The number of piperidine rings is 1. The third-order valence-electron chi connectivity index (χ3n) is 5.95. The third-order valence-corrected chi connectivity index (χ3v) is 5.95. The summed E-state index contributed by atoms with van der Waals surface area (Å²) in [6, 6.07) is 5.76. The molecule has 0 aromatic heterocycles. The molecular formula is C21H25N3O5. The maximum atomic E-state index is 12.9. The summed E-state index contributed by atoms with van der Waals surface area (Å²) < 4.78 is 5.40. The first-order valence-electron chi connectivity index (χ1n) is 10.1. The Morgan fingerprint density at radius 1 is 1.07 bits per heavy atom. The Hall–Kier alpha value is -2.74. The number of nitrogens with zero attached hydrogens (tertiary/aromatic N) is 2. The summed E-state index contributed by atoms with van der Waals surface area (Å²) >= 11 is 0. The van der Waals surface area contributed by atoms with Crippen molar-refractivity contribution < 1.29 is 23.9 Å². The fraction of sp³-hybridized carbons (Fsp3) is 0.524. The molecule has 3 aliphatic heterocycles. The quantitative estimate of drug-likeness (QED) is 0.761. The van der Waals surface area contributed by atoms with Crippen LogP contribution in [0.25, 0.3) is 0 Å². The second-order valence-corrected chi connectivity index (χ2v) is 7.81. The number of rotatable bonds is 4. The van der Waals surface area contributed by atoms with Crippen LogP contribution >= 0.6 is 0 Å². The molecule has 3 heterocycles. The lowest BCUT2D eigenvalue weighted by atomic mass is 10.0. The maximum Gasteiger partial charge on any atom is 0.262 e. The molecule has 0 radical (unpaired) electrons. The largest absolute Gasteiger partial charge is 0.368 e. The average molecular weight is 399 g/mol. The smallest absolute Gasteiger partial charge is 0.262 e. The van der Waals surface area contributed by atoms with E-state index in [4.69, 9.17) is 4.74 Å². The zero-order valence-electron chi connectivity index (χ0n) is 16.4. The molecule has 8 heteroatoms. The van der Waals surface area contributed by atoms with Crippen LogP contribution in [0, 0.1) is 0 Å². The Kier molecular flexibility index (Phi) is 5.36. The molecule has 0 aliphatic carbocycles. The molecule has 154 valence electrons. The number of ether oxygens (including phenoxy) is 1. The van der Waals surface area contributed by atoms with Gasteiger partial charge in [0.05, 0.1) is 11.1 Å². The summed E-state index contributed by atoms with van der Waals surface area (Å²) in [5, 5.41) is 3.01. The third kappa shape index (κ3) is 3.64. The predicted molar refractivity (Wildman–Crippen MR) is 103 cm³/mol.